The maximum absolute atomic E-state index is 13.3. The van der Waals surface area contributed by atoms with Gasteiger partial charge >= 0.3 is 6.18 Å². The number of pyridine rings is 1. The van der Waals surface area contributed by atoms with Crippen molar-refractivity contribution >= 4 is 17.3 Å². The Balaban J connectivity index is 1.91. The van der Waals surface area contributed by atoms with Crippen LogP contribution in [0.5, 0.6) is 0 Å². The number of amides is 1. The van der Waals surface area contributed by atoms with Gasteiger partial charge in [0.1, 0.15) is 0 Å². The Morgan fingerprint density at radius 2 is 2.04 bits per heavy atom. The number of hydrogen-bond donors (Lipinski definition) is 0. The fourth-order valence-electron chi connectivity index (χ4n) is 3.14. The largest absolute Gasteiger partial charge is 0.418 e. The number of unbranched alkanes of at least 4 members (excludes halogenated alkanes) is 1. The van der Waals surface area contributed by atoms with Crippen LogP contribution < -0.4 is 4.90 Å². The van der Waals surface area contributed by atoms with E-state index in [1.165, 1.54) is 11.1 Å². The van der Waals surface area contributed by atoms with E-state index in [4.69, 9.17) is 0 Å². The summed E-state index contributed by atoms with van der Waals surface area (Å²) in [5, 5.41) is 0. The van der Waals surface area contributed by atoms with Crippen molar-refractivity contribution < 1.29 is 18.0 Å². The highest BCUT2D eigenvalue weighted by molar-refractivity contribution is 5.99. The fourth-order valence-corrected chi connectivity index (χ4v) is 3.14. The molecule has 2 heterocycles. The second-order valence-corrected chi connectivity index (χ2v) is 6.37. The molecule has 4 nitrogen and oxygen atoms in total. The molecule has 1 aromatic carbocycles. The zero-order chi connectivity index (χ0) is 18.9. The lowest BCUT2D eigenvalue weighted by Gasteiger charge is -2.23. The Kier molecular flexibility index (Phi) is 4.89. The minimum Gasteiger partial charge on any atom is -0.343 e. The number of carbonyl (C=O) groups is 1. The number of halogens is 3. The van der Waals surface area contributed by atoms with Crippen molar-refractivity contribution in [2.75, 3.05) is 18.5 Å². The highest BCUT2D eigenvalue weighted by Crippen LogP contribution is 2.38. The molecule has 0 unspecified atom stereocenters. The first-order valence-electron chi connectivity index (χ1n) is 8.50. The third-order valence-corrected chi connectivity index (χ3v) is 4.60. The minimum atomic E-state index is -4.46. The molecule has 7 heteroatoms. The highest BCUT2D eigenvalue weighted by Gasteiger charge is 2.35. The van der Waals surface area contributed by atoms with E-state index in [1.54, 1.807) is 30.1 Å². The Hall–Kier alpha value is -2.57. The van der Waals surface area contributed by atoms with E-state index in [0.29, 0.717) is 24.3 Å². The van der Waals surface area contributed by atoms with E-state index in [2.05, 4.69) is 11.9 Å². The number of anilines is 2. The monoisotopic (exact) mass is 363 g/mol. The van der Waals surface area contributed by atoms with Crippen molar-refractivity contribution in [3.8, 4) is 0 Å². The van der Waals surface area contributed by atoms with Crippen molar-refractivity contribution in [1.82, 2.24) is 9.88 Å². The molecule has 0 bridgehead atoms. The molecule has 1 aliphatic heterocycles. The Morgan fingerprint density at radius 3 is 2.73 bits per heavy atom. The van der Waals surface area contributed by atoms with Gasteiger partial charge in [0, 0.05) is 37.6 Å². The summed E-state index contributed by atoms with van der Waals surface area (Å²) >= 11 is 0. The van der Waals surface area contributed by atoms with Gasteiger partial charge < -0.3 is 9.80 Å². The van der Waals surface area contributed by atoms with E-state index < -0.39 is 11.7 Å². The van der Waals surface area contributed by atoms with Gasteiger partial charge in [-0.15, -0.1) is 0 Å². The molecule has 138 valence electrons. The Labute approximate surface area is 150 Å². The molecule has 0 saturated heterocycles. The van der Waals surface area contributed by atoms with Crippen molar-refractivity contribution in [3.63, 3.8) is 0 Å². The number of hydrogen-bond acceptors (Lipinski definition) is 3. The van der Waals surface area contributed by atoms with Gasteiger partial charge in [0.15, 0.2) is 0 Å². The topological polar surface area (TPSA) is 36.4 Å². The first-order chi connectivity index (χ1) is 12.3. The summed E-state index contributed by atoms with van der Waals surface area (Å²) in [7, 11) is 1.57. The molecular weight excluding hydrogens is 343 g/mol. The molecule has 3 rings (SSSR count). The van der Waals surface area contributed by atoms with Crippen LogP contribution in [0.25, 0.3) is 0 Å². The molecule has 0 radical (unpaired) electrons. The maximum Gasteiger partial charge on any atom is 0.418 e. The number of alkyl halides is 3. The SMILES string of the molecule is CCCCN1Cc2cc(N(C)c3cnccc3C(F)(F)F)ccc2C1=O. The third-order valence-electron chi connectivity index (χ3n) is 4.60. The fraction of sp³-hybridized carbons (Fsp3) is 0.368. The summed E-state index contributed by atoms with van der Waals surface area (Å²) in [6.45, 7) is 3.25. The molecule has 0 atom stereocenters. The molecule has 1 aromatic heterocycles. The Bertz CT molecular complexity index is 820. The zero-order valence-electron chi connectivity index (χ0n) is 14.7. The lowest BCUT2D eigenvalue weighted by atomic mass is 10.1. The lowest BCUT2D eigenvalue weighted by molar-refractivity contribution is -0.137. The molecule has 0 fully saturated rings. The summed E-state index contributed by atoms with van der Waals surface area (Å²) in [5.41, 5.74) is 1.30. The number of fused-ring (bicyclic) bond motifs is 1. The van der Waals surface area contributed by atoms with Gasteiger partial charge in [0.2, 0.25) is 0 Å². The summed E-state index contributed by atoms with van der Waals surface area (Å²) in [4.78, 5) is 19.5. The normalized spacial score (nSPS) is 13.9. The van der Waals surface area contributed by atoms with Gasteiger partial charge in [-0.05, 0) is 36.2 Å². The number of benzene rings is 1. The first-order valence-corrected chi connectivity index (χ1v) is 8.50. The van der Waals surface area contributed by atoms with Gasteiger partial charge in [-0.25, -0.2) is 0 Å². The first kappa shape index (κ1) is 18.2. The van der Waals surface area contributed by atoms with Gasteiger partial charge in [0.05, 0.1) is 17.4 Å². The van der Waals surface area contributed by atoms with Crippen LogP contribution in [0.3, 0.4) is 0 Å². The molecule has 1 amide bonds. The van der Waals surface area contributed by atoms with Gasteiger partial charge in [-0.1, -0.05) is 13.3 Å². The molecule has 0 N–H and O–H groups in total. The van der Waals surface area contributed by atoms with Crippen LogP contribution in [-0.4, -0.2) is 29.4 Å². The van der Waals surface area contributed by atoms with Gasteiger partial charge in [-0.2, -0.15) is 13.2 Å². The van der Waals surface area contributed by atoms with E-state index >= 15 is 0 Å². The van der Waals surface area contributed by atoms with E-state index in [0.717, 1.165) is 30.7 Å². The third kappa shape index (κ3) is 3.38. The van der Waals surface area contributed by atoms with E-state index in [-0.39, 0.29) is 11.6 Å². The predicted octanol–water partition coefficient (Wildman–Crippen LogP) is 4.62. The number of nitrogens with zero attached hydrogens (tertiary/aromatic N) is 3. The maximum atomic E-state index is 13.3. The zero-order valence-corrected chi connectivity index (χ0v) is 14.7. The standard InChI is InChI=1S/C19H20F3N3O/c1-3-4-9-25-12-13-10-14(5-6-15(13)18(25)26)24(2)17-11-23-8-7-16(17)19(20,21)22/h5-8,10-11H,3-4,9,12H2,1-2H3. The highest BCUT2D eigenvalue weighted by atomic mass is 19.4. The molecule has 0 aliphatic carbocycles. The second kappa shape index (κ2) is 6.97. The summed E-state index contributed by atoms with van der Waals surface area (Å²) in [6.07, 6.45) is -0.204. The van der Waals surface area contributed by atoms with Crippen LogP contribution in [0.15, 0.2) is 36.7 Å². The van der Waals surface area contributed by atoms with Crippen molar-refractivity contribution in [1.29, 1.82) is 0 Å². The quantitative estimate of drug-likeness (QED) is 0.777. The molecule has 0 saturated carbocycles. The second-order valence-electron chi connectivity index (χ2n) is 6.37. The Morgan fingerprint density at radius 1 is 1.27 bits per heavy atom. The molecular formula is C19H20F3N3O. The van der Waals surface area contributed by atoms with Crippen molar-refractivity contribution in [3.05, 3.63) is 53.3 Å². The molecule has 0 spiro atoms. The average molecular weight is 363 g/mol. The number of carbonyl (C=O) groups excluding carboxylic acids is 1. The number of aromatic nitrogens is 1. The van der Waals surface area contributed by atoms with Crippen LogP contribution in [0.2, 0.25) is 0 Å². The lowest BCUT2D eigenvalue weighted by Crippen LogP contribution is -2.24. The van der Waals surface area contributed by atoms with Gasteiger partial charge in [-0.3, -0.25) is 9.78 Å². The summed E-state index contributed by atoms with van der Waals surface area (Å²) in [6, 6.07) is 6.12. The van der Waals surface area contributed by atoms with Crippen LogP contribution in [0.4, 0.5) is 24.5 Å². The molecule has 26 heavy (non-hydrogen) atoms. The molecule has 1 aliphatic rings. The summed E-state index contributed by atoms with van der Waals surface area (Å²) < 4.78 is 39.8. The van der Waals surface area contributed by atoms with Crippen LogP contribution in [-0.2, 0) is 12.7 Å². The van der Waals surface area contributed by atoms with Crippen molar-refractivity contribution in [2.45, 2.75) is 32.5 Å². The summed E-state index contributed by atoms with van der Waals surface area (Å²) in [5.74, 6) is -0.0139. The van der Waals surface area contributed by atoms with E-state index in [1.807, 2.05) is 0 Å². The van der Waals surface area contributed by atoms with Crippen molar-refractivity contribution in [2.24, 2.45) is 0 Å². The van der Waals surface area contributed by atoms with Gasteiger partial charge in [0.25, 0.3) is 5.91 Å². The van der Waals surface area contributed by atoms with Crippen LogP contribution in [0.1, 0.15) is 41.3 Å². The van der Waals surface area contributed by atoms with E-state index in [9.17, 15) is 18.0 Å². The average Bonchev–Trinajstić information content (AvgIpc) is 2.94. The minimum absolute atomic E-state index is 0.0139. The smallest absolute Gasteiger partial charge is 0.343 e. The van der Waals surface area contributed by atoms with Crippen LogP contribution in [0, 0.1) is 0 Å². The number of rotatable bonds is 5. The van der Waals surface area contributed by atoms with Crippen LogP contribution >= 0.6 is 0 Å². The molecule has 2 aromatic rings. The predicted molar refractivity (Wildman–Crippen MR) is 93.4 cm³/mol.